The Kier molecular flexibility index (Phi) is 5.55. The molecule has 176 valence electrons. The van der Waals surface area contributed by atoms with Crippen molar-refractivity contribution in [1.82, 2.24) is 9.78 Å². The van der Waals surface area contributed by atoms with Crippen molar-refractivity contribution < 1.29 is 14.6 Å². The molecule has 2 heterocycles. The lowest BCUT2D eigenvalue weighted by atomic mass is 10.0. The summed E-state index contributed by atoms with van der Waals surface area (Å²) in [4.78, 5) is 13.5. The van der Waals surface area contributed by atoms with E-state index in [4.69, 9.17) is 33.0 Å². The van der Waals surface area contributed by atoms with Gasteiger partial charge >= 0.3 is 5.97 Å². The normalized spacial score (nSPS) is 23.6. The summed E-state index contributed by atoms with van der Waals surface area (Å²) in [5, 5.41) is 14.9. The maximum atomic E-state index is 11.1. The lowest BCUT2D eigenvalue weighted by Gasteiger charge is -2.33. The molecule has 2 bridgehead atoms. The number of piperidine rings is 1. The second-order valence-electron chi connectivity index (χ2n) is 9.54. The fraction of sp³-hybridized carbons (Fsp3) is 0.385. The number of halogens is 2. The molecule has 2 aliphatic carbocycles. The molecule has 1 N–H and O–H groups in total. The Hall–Kier alpha value is -2.54. The molecule has 0 amide bonds. The molecule has 1 aromatic heterocycles. The second-order valence-corrected chi connectivity index (χ2v) is 10.4. The highest BCUT2D eigenvalue weighted by Gasteiger charge is 2.45. The fourth-order valence-corrected chi connectivity index (χ4v) is 6.12. The fourth-order valence-electron chi connectivity index (χ4n) is 5.56. The van der Waals surface area contributed by atoms with Gasteiger partial charge in [0.15, 0.2) is 0 Å². The predicted octanol–water partition coefficient (Wildman–Crippen LogP) is 5.94. The van der Waals surface area contributed by atoms with E-state index in [0.29, 0.717) is 45.8 Å². The summed E-state index contributed by atoms with van der Waals surface area (Å²) in [6.45, 7) is 1.40. The van der Waals surface area contributed by atoms with E-state index in [-0.39, 0.29) is 6.10 Å². The summed E-state index contributed by atoms with van der Waals surface area (Å²) in [5.74, 6) is 0.0950. The van der Waals surface area contributed by atoms with Crippen molar-refractivity contribution in [1.29, 1.82) is 0 Å². The third kappa shape index (κ3) is 3.88. The summed E-state index contributed by atoms with van der Waals surface area (Å²) in [5.41, 5.74) is 4.38. The Morgan fingerprint density at radius 3 is 2.44 bits per heavy atom. The third-order valence-electron chi connectivity index (χ3n) is 7.42. The molecule has 3 unspecified atom stereocenters. The van der Waals surface area contributed by atoms with Gasteiger partial charge in [-0.15, -0.1) is 0 Å². The van der Waals surface area contributed by atoms with E-state index < -0.39 is 5.97 Å². The maximum absolute atomic E-state index is 11.1. The summed E-state index contributed by atoms with van der Waals surface area (Å²) in [7, 11) is 0. The largest absolute Gasteiger partial charge is 0.478 e. The van der Waals surface area contributed by atoms with Crippen LogP contribution in [0.3, 0.4) is 0 Å². The van der Waals surface area contributed by atoms with E-state index in [1.165, 1.54) is 18.4 Å². The van der Waals surface area contributed by atoms with Gasteiger partial charge in [0.2, 0.25) is 0 Å². The van der Waals surface area contributed by atoms with E-state index in [1.807, 2.05) is 41.2 Å². The molecule has 8 heteroatoms. The van der Waals surface area contributed by atoms with Crippen LogP contribution in [0.2, 0.25) is 10.0 Å². The van der Waals surface area contributed by atoms with Crippen molar-refractivity contribution in [3.8, 4) is 5.69 Å². The van der Waals surface area contributed by atoms with Crippen LogP contribution in [-0.2, 0) is 11.3 Å². The maximum Gasteiger partial charge on any atom is 0.335 e. The monoisotopic (exact) mass is 497 g/mol. The molecule has 2 aromatic carbocycles. The number of carboxylic acid groups (broad SMARTS) is 1. The first-order valence-electron chi connectivity index (χ1n) is 11.7. The Morgan fingerprint density at radius 1 is 1.09 bits per heavy atom. The second kappa shape index (κ2) is 8.59. The molecular weight excluding hydrogens is 473 g/mol. The van der Waals surface area contributed by atoms with Gasteiger partial charge < -0.3 is 14.7 Å². The third-order valence-corrected chi connectivity index (χ3v) is 8.03. The molecule has 1 aliphatic heterocycles. The van der Waals surface area contributed by atoms with Gasteiger partial charge in [-0.2, -0.15) is 5.10 Å². The van der Waals surface area contributed by atoms with Crippen LogP contribution in [0.1, 0.15) is 53.2 Å². The van der Waals surface area contributed by atoms with E-state index >= 15 is 0 Å². The van der Waals surface area contributed by atoms with Gasteiger partial charge in [-0.05, 0) is 73.6 Å². The van der Waals surface area contributed by atoms with Gasteiger partial charge in [-0.1, -0.05) is 29.3 Å². The molecule has 34 heavy (non-hydrogen) atoms. The van der Waals surface area contributed by atoms with Gasteiger partial charge in [0.05, 0.1) is 40.2 Å². The zero-order valence-electron chi connectivity index (χ0n) is 18.5. The Morgan fingerprint density at radius 2 is 1.82 bits per heavy atom. The van der Waals surface area contributed by atoms with Crippen molar-refractivity contribution in [3.05, 3.63) is 75.5 Å². The molecule has 3 aliphatic rings. The van der Waals surface area contributed by atoms with Gasteiger partial charge in [0.1, 0.15) is 5.69 Å². The average molecular weight is 498 g/mol. The zero-order chi connectivity index (χ0) is 23.4. The molecule has 3 atom stereocenters. The number of aromatic nitrogens is 2. The number of anilines is 1. The van der Waals surface area contributed by atoms with Crippen LogP contribution in [0.15, 0.2) is 48.7 Å². The number of rotatable bonds is 7. The van der Waals surface area contributed by atoms with Crippen LogP contribution in [0.25, 0.3) is 5.69 Å². The van der Waals surface area contributed by atoms with Crippen LogP contribution >= 0.6 is 23.2 Å². The topological polar surface area (TPSA) is 67.6 Å². The van der Waals surface area contributed by atoms with Crippen molar-refractivity contribution in [2.45, 2.75) is 50.4 Å². The number of aromatic carboxylic acids is 1. The summed E-state index contributed by atoms with van der Waals surface area (Å²) in [6.07, 6.45) is 6.55. The van der Waals surface area contributed by atoms with E-state index in [2.05, 4.69) is 10.00 Å². The highest BCUT2D eigenvalue weighted by Crippen LogP contribution is 2.45. The smallest absolute Gasteiger partial charge is 0.335 e. The van der Waals surface area contributed by atoms with Crippen molar-refractivity contribution in [3.63, 3.8) is 0 Å². The zero-order valence-corrected chi connectivity index (χ0v) is 20.0. The first-order chi connectivity index (χ1) is 16.5. The lowest BCUT2D eigenvalue weighted by molar-refractivity contribution is 0.00993. The molecule has 3 fully saturated rings. The first kappa shape index (κ1) is 22.0. The number of nitrogens with zero attached hydrogens (tertiary/aromatic N) is 3. The number of hydrogen-bond acceptors (Lipinski definition) is 4. The molecule has 6 nitrogen and oxygen atoms in total. The van der Waals surface area contributed by atoms with Gasteiger partial charge in [-0.3, -0.25) is 0 Å². The number of fused-ring (bicyclic) bond motifs is 2. The predicted molar refractivity (Wildman–Crippen MR) is 131 cm³/mol. The number of hydrogen-bond donors (Lipinski definition) is 1. The summed E-state index contributed by atoms with van der Waals surface area (Å²) >= 11 is 13.0. The minimum atomic E-state index is -0.897. The van der Waals surface area contributed by atoms with Crippen LogP contribution in [0, 0.1) is 5.92 Å². The minimum absolute atomic E-state index is 0.191. The van der Waals surface area contributed by atoms with Crippen molar-refractivity contribution >= 4 is 34.9 Å². The van der Waals surface area contributed by atoms with Crippen molar-refractivity contribution in [2.75, 3.05) is 11.4 Å². The number of carboxylic acids is 1. The first-order valence-corrected chi connectivity index (χ1v) is 12.5. The quantitative estimate of drug-likeness (QED) is 0.437. The number of ether oxygens (including phenoxy) is 1. The van der Waals surface area contributed by atoms with Crippen LogP contribution < -0.4 is 4.90 Å². The van der Waals surface area contributed by atoms with Gasteiger partial charge in [-0.25, -0.2) is 9.48 Å². The molecular formula is C26H25Cl2N3O3. The van der Waals surface area contributed by atoms with Crippen LogP contribution in [-0.4, -0.2) is 39.5 Å². The number of carbonyl (C=O) groups is 1. The van der Waals surface area contributed by atoms with Crippen molar-refractivity contribution in [2.24, 2.45) is 5.92 Å². The summed E-state index contributed by atoms with van der Waals surface area (Å²) < 4.78 is 8.39. The highest BCUT2D eigenvalue weighted by molar-refractivity contribution is 6.37. The van der Waals surface area contributed by atoms with Gasteiger partial charge in [0, 0.05) is 24.2 Å². The van der Waals surface area contributed by atoms with Crippen LogP contribution in [0.4, 0.5) is 5.69 Å². The molecule has 0 spiro atoms. The lowest BCUT2D eigenvalue weighted by Crippen LogP contribution is -2.38. The van der Waals surface area contributed by atoms with E-state index in [0.717, 1.165) is 30.8 Å². The number of para-hydroxylation sites is 1. The van der Waals surface area contributed by atoms with Gasteiger partial charge in [0.25, 0.3) is 0 Å². The minimum Gasteiger partial charge on any atom is -0.478 e. The molecule has 0 radical (unpaired) electrons. The Labute approximate surface area is 208 Å². The molecule has 3 aromatic rings. The summed E-state index contributed by atoms with van der Waals surface area (Å²) in [6, 6.07) is 13.1. The highest BCUT2D eigenvalue weighted by atomic mass is 35.5. The molecule has 1 saturated heterocycles. The Bertz CT molecular complexity index is 1220. The Balaban J connectivity index is 1.17. The average Bonchev–Trinajstić information content (AvgIpc) is 3.28. The van der Waals surface area contributed by atoms with Crippen LogP contribution in [0.5, 0.6) is 0 Å². The number of benzene rings is 2. The van der Waals surface area contributed by atoms with E-state index in [9.17, 15) is 4.79 Å². The molecule has 2 saturated carbocycles. The SMILES string of the molecule is O=C(O)c1ccc(N2CC3CC2CC3OCc2c(C3CC3)cnn2-c2c(Cl)cccc2Cl)cc1. The van der Waals surface area contributed by atoms with E-state index in [1.54, 1.807) is 12.1 Å². The molecule has 6 rings (SSSR count). The standard InChI is InChI=1S/C26H25Cl2N3O3/c27-21-2-1-3-22(28)25(21)31-23(20(12-29-31)15-4-5-15)14-34-24-11-19-10-17(24)13-30(19)18-8-6-16(7-9-18)26(32)33/h1-3,6-9,12,15,17,19,24H,4-5,10-11,13-14H2,(H,32,33).